The monoisotopic (exact) mass is 360 g/mol. The number of nitro groups is 1. The van der Waals surface area contributed by atoms with Crippen molar-refractivity contribution in [3.8, 4) is 5.75 Å². The Bertz CT molecular complexity index is 734. The van der Waals surface area contributed by atoms with Crippen LogP contribution < -0.4 is 10.1 Å². The summed E-state index contributed by atoms with van der Waals surface area (Å²) in [5.74, 6) is 1.62. The molecular weight excluding hydrogens is 340 g/mol. The summed E-state index contributed by atoms with van der Waals surface area (Å²) in [6.45, 7) is 1.91. The minimum atomic E-state index is -0.427. The Balaban J connectivity index is 1.81. The van der Waals surface area contributed by atoms with Crippen LogP contribution in [0.25, 0.3) is 0 Å². The van der Waals surface area contributed by atoms with Gasteiger partial charge in [0.1, 0.15) is 5.75 Å². The first-order valence-electron chi connectivity index (χ1n) is 7.74. The largest absolute Gasteiger partial charge is 0.496 e. The zero-order valence-corrected chi connectivity index (χ0v) is 14.9. The Hall–Kier alpha value is -2.54. The van der Waals surface area contributed by atoms with Crippen LogP contribution in [0.2, 0.25) is 0 Å². The molecule has 0 fully saturated rings. The molecule has 0 aliphatic heterocycles. The number of nitrogens with one attached hydrogen (secondary N) is 1. The molecule has 25 heavy (non-hydrogen) atoms. The Labute approximate surface area is 150 Å². The smallest absolute Gasteiger partial charge is 0.269 e. The van der Waals surface area contributed by atoms with Crippen LogP contribution in [-0.4, -0.2) is 23.7 Å². The fraction of sp³-hybridized carbons (Fsp3) is 0.278. The van der Waals surface area contributed by atoms with Gasteiger partial charge >= 0.3 is 0 Å². The van der Waals surface area contributed by atoms with Gasteiger partial charge in [-0.3, -0.25) is 14.9 Å². The highest BCUT2D eigenvalue weighted by Crippen LogP contribution is 2.24. The third kappa shape index (κ3) is 5.49. The lowest BCUT2D eigenvalue weighted by atomic mass is 10.1. The highest BCUT2D eigenvalue weighted by Gasteiger charge is 2.13. The Kier molecular flexibility index (Phi) is 6.82. The molecule has 2 aromatic carbocycles. The molecule has 1 amide bonds. The van der Waals surface area contributed by atoms with E-state index in [9.17, 15) is 14.9 Å². The minimum absolute atomic E-state index is 0.0645. The molecule has 0 bridgehead atoms. The molecule has 2 rings (SSSR count). The van der Waals surface area contributed by atoms with Gasteiger partial charge in [-0.2, -0.15) is 0 Å². The van der Waals surface area contributed by atoms with Gasteiger partial charge in [-0.1, -0.05) is 30.3 Å². The van der Waals surface area contributed by atoms with Gasteiger partial charge in [0.15, 0.2) is 0 Å². The molecule has 7 heteroatoms. The van der Waals surface area contributed by atoms with Crippen LogP contribution >= 0.6 is 11.8 Å². The molecule has 132 valence electrons. The van der Waals surface area contributed by atoms with Crippen molar-refractivity contribution in [2.24, 2.45) is 0 Å². The summed E-state index contributed by atoms with van der Waals surface area (Å²) in [6.07, 6.45) is 0. The summed E-state index contributed by atoms with van der Waals surface area (Å²) < 4.78 is 5.31. The minimum Gasteiger partial charge on any atom is -0.496 e. The molecule has 1 atom stereocenters. The van der Waals surface area contributed by atoms with Gasteiger partial charge < -0.3 is 10.1 Å². The molecule has 0 radical (unpaired) electrons. The van der Waals surface area contributed by atoms with Crippen molar-refractivity contribution in [1.29, 1.82) is 0 Å². The predicted molar refractivity (Wildman–Crippen MR) is 98.8 cm³/mol. The first-order chi connectivity index (χ1) is 12.0. The van der Waals surface area contributed by atoms with E-state index in [-0.39, 0.29) is 17.6 Å². The third-order valence-electron chi connectivity index (χ3n) is 3.63. The van der Waals surface area contributed by atoms with Crippen molar-refractivity contribution in [3.63, 3.8) is 0 Å². The van der Waals surface area contributed by atoms with E-state index in [4.69, 9.17) is 4.74 Å². The molecule has 0 spiro atoms. The number of ether oxygens (including phenoxy) is 1. The van der Waals surface area contributed by atoms with Gasteiger partial charge in [0.2, 0.25) is 5.91 Å². The summed E-state index contributed by atoms with van der Waals surface area (Å²) in [5, 5.41) is 13.6. The summed E-state index contributed by atoms with van der Waals surface area (Å²) in [6, 6.07) is 13.8. The molecule has 2 aromatic rings. The number of thioether (sulfide) groups is 1. The van der Waals surface area contributed by atoms with Crippen molar-refractivity contribution in [3.05, 3.63) is 69.8 Å². The van der Waals surface area contributed by atoms with E-state index in [1.165, 1.54) is 23.9 Å². The average Bonchev–Trinajstić information content (AvgIpc) is 2.62. The number of nitrogens with zero attached hydrogens (tertiary/aromatic N) is 1. The molecule has 0 saturated heterocycles. The SMILES string of the molecule is COc1ccccc1[C@@H](C)NC(=O)CSCc1ccc([N+](=O)[O-])cc1. The Morgan fingerprint density at radius 1 is 1.24 bits per heavy atom. The summed E-state index contributed by atoms with van der Waals surface area (Å²) >= 11 is 1.46. The van der Waals surface area contributed by atoms with E-state index in [0.29, 0.717) is 11.5 Å². The van der Waals surface area contributed by atoms with Crippen LogP contribution in [0.4, 0.5) is 5.69 Å². The van der Waals surface area contributed by atoms with Gasteiger partial charge in [0, 0.05) is 23.4 Å². The zero-order valence-electron chi connectivity index (χ0n) is 14.1. The second-order valence-corrected chi connectivity index (χ2v) is 6.43. The summed E-state index contributed by atoms with van der Waals surface area (Å²) in [4.78, 5) is 22.3. The molecule has 0 aromatic heterocycles. The van der Waals surface area contributed by atoms with E-state index in [1.807, 2.05) is 31.2 Å². The maximum Gasteiger partial charge on any atom is 0.269 e. The van der Waals surface area contributed by atoms with Crippen molar-refractivity contribution < 1.29 is 14.5 Å². The molecule has 0 unspecified atom stereocenters. The number of carbonyl (C=O) groups is 1. The van der Waals surface area contributed by atoms with Crippen LogP contribution in [0.15, 0.2) is 48.5 Å². The fourth-order valence-corrected chi connectivity index (χ4v) is 3.16. The Morgan fingerprint density at radius 3 is 2.56 bits per heavy atom. The van der Waals surface area contributed by atoms with Crippen LogP contribution in [0.3, 0.4) is 0 Å². The Morgan fingerprint density at radius 2 is 1.92 bits per heavy atom. The summed E-state index contributed by atoms with van der Waals surface area (Å²) in [5.41, 5.74) is 1.94. The predicted octanol–water partition coefficient (Wildman–Crippen LogP) is 3.71. The first-order valence-corrected chi connectivity index (χ1v) is 8.90. The van der Waals surface area contributed by atoms with Crippen molar-refractivity contribution in [2.75, 3.05) is 12.9 Å². The van der Waals surface area contributed by atoms with E-state index >= 15 is 0 Å². The van der Waals surface area contributed by atoms with Crippen molar-refractivity contribution in [2.45, 2.75) is 18.7 Å². The van der Waals surface area contributed by atoms with E-state index in [0.717, 1.165) is 16.9 Å². The lowest BCUT2D eigenvalue weighted by molar-refractivity contribution is -0.384. The molecular formula is C18H20N2O4S. The van der Waals surface area contributed by atoms with Crippen LogP contribution in [0.1, 0.15) is 24.1 Å². The van der Waals surface area contributed by atoms with Crippen molar-refractivity contribution in [1.82, 2.24) is 5.32 Å². The number of para-hydroxylation sites is 1. The second kappa shape index (κ2) is 9.08. The molecule has 1 N–H and O–H groups in total. The number of carbonyl (C=O) groups excluding carboxylic acids is 1. The highest BCUT2D eigenvalue weighted by atomic mass is 32.2. The number of amides is 1. The number of rotatable bonds is 8. The number of hydrogen-bond acceptors (Lipinski definition) is 5. The van der Waals surface area contributed by atoms with Gasteiger partial charge in [-0.25, -0.2) is 0 Å². The van der Waals surface area contributed by atoms with Crippen LogP contribution in [0.5, 0.6) is 5.75 Å². The van der Waals surface area contributed by atoms with Gasteiger partial charge in [-0.05, 0) is 18.6 Å². The van der Waals surface area contributed by atoms with E-state index < -0.39 is 4.92 Å². The third-order valence-corrected chi connectivity index (χ3v) is 4.64. The lowest BCUT2D eigenvalue weighted by Crippen LogP contribution is -2.28. The molecule has 0 heterocycles. The molecule has 0 saturated carbocycles. The van der Waals surface area contributed by atoms with E-state index in [1.54, 1.807) is 19.2 Å². The van der Waals surface area contributed by atoms with Crippen molar-refractivity contribution >= 4 is 23.4 Å². The lowest BCUT2D eigenvalue weighted by Gasteiger charge is -2.17. The average molecular weight is 360 g/mol. The number of methoxy groups -OCH3 is 1. The first kappa shape index (κ1) is 18.8. The number of benzene rings is 2. The quantitative estimate of drug-likeness (QED) is 0.573. The number of nitro benzene ring substituents is 1. The van der Waals surface area contributed by atoms with Gasteiger partial charge in [0.25, 0.3) is 5.69 Å². The highest BCUT2D eigenvalue weighted by molar-refractivity contribution is 7.99. The molecule has 0 aliphatic rings. The fourth-order valence-electron chi connectivity index (χ4n) is 2.36. The zero-order chi connectivity index (χ0) is 18.2. The van der Waals surface area contributed by atoms with Crippen LogP contribution in [0, 0.1) is 10.1 Å². The second-order valence-electron chi connectivity index (χ2n) is 5.45. The standard InChI is InChI=1S/C18H20N2O4S/c1-13(16-5-3-4-6-17(16)24-2)19-18(21)12-25-11-14-7-9-15(10-8-14)20(22)23/h3-10,13H,11-12H2,1-2H3,(H,19,21)/t13-/m1/s1. The van der Waals surface area contributed by atoms with Gasteiger partial charge in [0.05, 0.1) is 23.8 Å². The maximum atomic E-state index is 12.1. The van der Waals surface area contributed by atoms with E-state index in [2.05, 4.69) is 5.32 Å². The number of non-ortho nitro benzene ring substituents is 1. The molecule has 0 aliphatic carbocycles. The summed E-state index contributed by atoms with van der Waals surface area (Å²) in [7, 11) is 1.60. The molecule has 6 nitrogen and oxygen atoms in total. The van der Waals surface area contributed by atoms with Gasteiger partial charge in [-0.15, -0.1) is 11.8 Å². The maximum absolute atomic E-state index is 12.1. The topological polar surface area (TPSA) is 81.5 Å². The van der Waals surface area contributed by atoms with Crippen LogP contribution in [-0.2, 0) is 10.5 Å². The number of hydrogen-bond donors (Lipinski definition) is 1. The normalized spacial score (nSPS) is 11.6.